The quantitative estimate of drug-likeness (QED) is 0.830. The van der Waals surface area contributed by atoms with Gasteiger partial charge in [0.15, 0.2) is 18.1 Å². The Kier molecular flexibility index (Phi) is 6.26. The zero-order chi connectivity index (χ0) is 17.5. The van der Waals surface area contributed by atoms with Gasteiger partial charge in [-0.1, -0.05) is 17.7 Å². The van der Waals surface area contributed by atoms with Gasteiger partial charge < -0.3 is 19.5 Å². The van der Waals surface area contributed by atoms with E-state index in [-0.39, 0.29) is 17.5 Å². The molecule has 1 N–H and O–H groups in total. The van der Waals surface area contributed by atoms with Crippen LogP contribution in [-0.2, 0) is 11.3 Å². The van der Waals surface area contributed by atoms with E-state index in [0.717, 1.165) is 5.56 Å². The molecule has 24 heavy (non-hydrogen) atoms. The van der Waals surface area contributed by atoms with Crippen molar-refractivity contribution >= 4 is 17.5 Å². The van der Waals surface area contributed by atoms with Gasteiger partial charge in [0.25, 0.3) is 5.91 Å². The minimum atomic E-state index is -0.540. The number of carbonyl (C=O) groups excluding carboxylic acids is 1. The Bertz CT molecular complexity index is 724. The lowest BCUT2D eigenvalue weighted by molar-refractivity contribution is -0.123. The number of amides is 1. The summed E-state index contributed by atoms with van der Waals surface area (Å²) >= 11 is 5.65. The van der Waals surface area contributed by atoms with Crippen molar-refractivity contribution in [2.45, 2.75) is 6.54 Å². The predicted octanol–water partition coefficient (Wildman–Crippen LogP) is 3.19. The number of carbonyl (C=O) groups is 1. The number of ether oxygens (including phenoxy) is 3. The monoisotopic (exact) mass is 353 g/mol. The molecular weight excluding hydrogens is 337 g/mol. The van der Waals surface area contributed by atoms with Crippen molar-refractivity contribution in [3.05, 3.63) is 52.8 Å². The van der Waals surface area contributed by atoms with Gasteiger partial charge in [-0.15, -0.1) is 0 Å². The smallest absolute Gasteiger partial charge is 0.258 e. The molecule has 0 aromatic heterocycles. The van der Waals surface area contributed by atoms with Crippen molar-refractivity contribution in [1.29, 1.82) is 0 Å². The first-order valence-corrected chi connectivity index (χ1v) is 7.46. The molecule has 0 atom stereocenters. The summed E-state index contributed by atoms with van der Waals surface area (Å²) in [7, 11) is 3.10. The molecule has 0 spiro atoms. The molecule has 5 nitrogen and oxygen atoms in total. The second-order valence-corrected chi connectivity index (χ2v) is 5.24. The van der Waals surface area contributed by atoms with Gasteiger partial charge in [-0.25, -0.2) is 4.39 Å². The van der Waals surface area contributed by atoms with Crippen LogP contribution in [0.2, 0.25) is 5.02 Å². The first-order valence-electron chi connectivity index (χ1n) is 7.09. The first-order chi connectivity index (χ1) is 11.5. The Morgan fingerprint density at radius 1 is 1.12 bits per heavy atom. The second kappa shape index (κ2) is 8.40. The summed E-state index contributed by atoms with van der Waals surface area (Å²) in [6.07, 6.45) is 0. The van der Waals surface area contributed by atoms with Crippen LogP contribution in [0.3, 0.4) is 0 Å². The van der Waals surface area contributed by atoms with Crippen LogP contribution in [0.4, 0.5) is 4.39 Å². The van der Waals surface area contributed by atoms with Gasteiger partial charge in [0.1, 0.15) is 11.6 Å². The Labute approximate surface area is 144 Å². The van der Waals surface area contributed by atoms with Gasteiger partial charge in [-0.05, 0) is 29.8 Å². The maximum absolute atomic E-state index is 13.0. The van der Waals surface area contributed by atoms with E-state index in [9.17, 15) is 9.18 Å². The first kappa shape index (κ1) is 17.9. The summed E-state index contributed by atoms with van der Waals surface area (Å²) in [6, 6.07) is 9.26. The van der Waals surface area contributed by atoms with Crippen molar-refractivity contribution < 1.29 is 23.4 Å². The molecule has 0 saturated carbocycles. The highest BCUT2D eigenvalue weighted by Gasteiger charge is 2.08. The van der Waals surface area contributed by atoms with Gasteiger partial charge in [-0.2, -0.15) is 0 Å². The van der Waals surface area contributed by atoms with Crippen LogP contribution >= 0.6 is 11.6 Å². The van der Waals surface area contributed by atoms with E-state index in [4.69, 9.17) is 25.8 Å². The minimum absolute atomic E-state index is 0.0572. The number of benzene rings is 2. The third-order valence-corrected chi connectivity index (χ3v) is 3.49. The Hall–Kier alpha value is -2.47. The van der Waals surface area contributed by atoms with Gasteiger partial charge in [0.2, 0.25) is 0 Å². The SMILES string of the molecule is COc1ccc(CNC(=O)COc2ccc(F)c(Cl)c2)cc1OC. The van der Waals surface area contributed by atoms with Gasteiger partial charge in [0.05, 0.1) is 19.2 Å². The molecule has 2 rings (SSSR count). The van der Waals surface area contributed by atoms with Crippen LogP contribution in [0.5, 0.6) is 17.2 Å². The van der Waals surface area contributed by atoms with Crippen LogP contribution in [0.15, 0.2) is 36.4 Å². The van der Waals surface area contributed by atoms with Crippen molar-refractivity contribution in [2.75, 3.05) is 20.8 Å². The number of hydrogen-bond donors (Lipinski definition) is 1. The molecule has 2 aromatic carbocycles. The van der Waals surface area contributed by atoms with E-state index in [1.165, 1.54) is 18.2 Å². The largest absolute Gasteiger partial charge is 0.493 e. The fourth-order valence-corrected chi connectivity index (χ4v) is 2.13. The summed E-state index contributed by atoms with van der Waals surface area (Å²) < 4.78 is 28.7. The van der Waals surface area contributed by atoms with E-state index in [1.807, 2.05) is 6.07 Å². The van der Waals surface area contributed by atoms with Crippen LogP contribution in [0.25, 0.3) is 0 Å². The van der Waals surface area contributed by atoms with Gasteiger partial charge in [-0.3, -0.25) is 4.79 Å². The van der Waals surface area contributed by atoms with Crippen molar-refractivity contribution in [2.24, 2.45) is 0 Å². The Morgan fingerprint density at radius 3 is 2.54 bits per heavy atom. The molecule has 0 saturated heterocycles. The predicted molar refractivity (Wildman–Crippen MR) is 88.3 cm³/mol. The summed E-state index contributed by atoms with van der Waals surface area (Å²) in [4.78, 5) is 11.8. The molecule has 128 valence electrons. The molecule has 0 aliphatic carbocycles. The van der Waals surface area contributed by atoms with E-state index in [0.29, 0.717) is 23.8 Å². The molecule has 0 aliphatic heterocycles. The molecule has 7 heteroatoms. The van der Waals surface area contributed by atoms with E-state index < -0.39 is 5.82 Å². The molecule has 0 bridgehead atoms. The molecule has 1 amide bonds. The van der Waals surface area contributed by atoms with Crippen LogP contribution < -0.4 is 19.5 Å². The average molecular weight is 354 g/mol. The number of hydrogen-bond acceptors (Lipinski definition) is 4. The van der Waals surface area contributed by atoms with Crippen LogP contribution in [-0.4, -0.2) is 26.7 Å². The third kappa shape index (κ3) is 4.76. The standard InChI is InChI=1S/C17H17ClFNO4/c1-22-15-6-3-11(7-16(15)23-2)9-20-17(21)10-24-12-4-5-14(19)13(18)8-12/h3-8H,9-10H2,1-2H3,(H,20,21). The molecule has 0 unspecified atom stereocenters. The van der Waals surface area contributed by atoms with E-state index in [1.54, 1.807) is 26.4 Å². The van der Waals surface area contributed by atoms with Gasteiger partial charge >= 0.3 is 0 Å². The summed E-state index contributed by atoms with van der Waals surface area (Å²) in [5.74, 6) is 0.667. The Morgan fingerprint density at radius 2 is 1.88 bits per heavy atom. The number of methoxy groups -OCH3 is 2. The number of nitrogens with one attached hydrogen (secondary N) is 1. The lowest BCUT2D eigenvalue weighted by atomic mass is 10.2. The molecule has 0 fully saturated rings. The summed E-state index contributed by atoms with van der Waals surface area (Å²) in [5, 5.41) is 2.66. The normalized spacial score (nSPS) is 10.2. The molecular formula is C17H17ClFNO4. The summed E-state index contributed by atoms with van der Waals surface area (Å²) in [5.41, 5.74) is 0.853. The molecule has 0 aliphatic rings. The van der Waals surface area contributed by atoms with Crippen molar-refractivity contribution in [3.63, 3.8) is 0 Å². The number of rotatable bonds is 7. The number of halogens is 2. The highest BCUT2D eigenvalue weighted by molar-refractivity contribution is 6.30. The highest BCUT2D eigenvalue weighted by Crippen LogP contribution is 2.27. The maximum atomic E-state index is 13.0. The summed E-state index contributed by atoms with van der Waals surface area (Å²) in [6.45, 7) is 0.113. The van der Waals surface area contributed by atoms with E-state index in [2.05, 4.69) is 5.32 Å². The zero-order valence-corrected chi connectivity index (χ0v) is 14.0. The molecule has 0 heterocycles. The maximum Gasteiger partial charge on any atom is 0.258 e. The molecule has 2 aromatic rings. The fraction of sp³-hybridized carbons (Fsp3) is 0.235. The van der Waals surface area contributed by atoms with Crippen LogP contribution in [0, 0.1) is 5.82 Å². The zero-order valence-electron chi connectivity index (χ0n) is 13.3. The lowest BCUT2D eigenvalue weighted by Crippen LogP contribution is -2.28. The van der Waals surface area contributed by atoms with Crippen molar-refractivity contribution in [3.8, 4) is 17.2 Å². The third-order valence-electron chi connectivity index (χ3n) is 3.20. The highest BCUT2D eigenvalue weighted by atomic mass is 35.5. The second-order valence-electron chi connectivity index (χ2n) is 4.83. The molecule has 0 radical (unpaired) electrons. The fourth-order valence-electron chi connectivity index (χ4n) is 1.96. The average Bonchev–Trinajstić information content (AvgIpc) is 2.60. The Balaban J connectivity index is 1.85. The van der Waals surface area contributed by atoms with E-state index >= 15 is 0 Å². The van der Waals surface area contributed by atoms with Gasteiger partial charge in [0, 0.05) is 12.6 Å². The minimum Gasteiger partial charge on any atom is -0.493 e. The van der Waals surface area contributed by atoms with Crippen LogP contribution in [0.1, 0.15) is 5.56 Å². The van der Waals surface area contributed by atoms with Crippen molar-refractivity contribution in [1.82, 2.24) is 5.32 Å². The topological polar surface area (TPSA) is 56.8 Å². The lowest BCUT2D eigenvalue weighted by Gasteiger charge is -2.11.